The van der Waals surface area contributed by atoms with Gasteiger partial charge in [-0.3, -0.25) is 4.79 Å². The van der Waals surface area contributed by atoms with Crippen molar-refractivity contribution in [2.75, 3.05) is 12.9 Å². The van der Waals surface area contributed by atoms with Crippen molar-refractivity contribution in [3.05, 3.63) is 53.9 Å². The van der Waals surface area contributed by atoms with Crippen LogP contribution in [0.3, 0.4) is 0 Å². The van der Waals surface area contributed by atoms with Gasteiger partial charge in [-0.1, -0.05) is 12.1 Å². The lowest BCUT2D eigenvalue weighted by Crippen LogP contribution is -2.16. The number of carbonyl (C=O) groups is 2. The lowest BCUT2D eigenvalue weighted by molar-refractivity contribution is 0.0470. The zero-order chi connectivity index (χ0) is 15.5. The number of hydrogen-bond acceptors (Lipinski definition) is 5. The molecule has 0 saturated carbocycles. The van der Waals surface area contributed by atoms with Gasteiger partial charge in [-0.05, 0) is 24.3 Å². The number of esters is 1. The predicted octanol–water partition coefficient (Wildman–Crippen LogP) is 1.46. The van der Waals surface area contributed by atoms with Crippen molar-refractivity contribution in [2.45, 2.75) is 4.90 Å². The average Bonchev–Trinajstić information content (AvgIpc) is 2.97. The summed E-state index contributed by atoms with van der Waals surface area (Å²) in [5, 5.41) is 0. The van der Waals surface area contributed by atoms with Crippen molar-refractivity contribution in [2.24, 2.45) is 0 Å². The van der Waals surface area contributed by atoms with E-state index in [0.717, 1.165) is 6.26 Å². The number of carbonyl (C=O) groups excluding carboxylic acids is 2. The smallest absolute Gasteiger partial charge is 0.339 e. The molecule has 7 heteroatoms. The molecule has 0 atom stereocenters. The molecule has 0 aliphatic heterocycles. The molecule has 6 nitrogen and oxygen atoms in total. The second-order valence-electron chi connectivity index (χ2n) is 4.35. The van der Waals surface area contributed by atoms with E-state index in [2.05, 4.69) is 4.98 Å². The van der Waals surface area contributed by atoms with Gasteiger partial charge < -0.3 is 9.72 Å². The van der Waals surface area contributed by atoms with Gasteiger partial charge in [0.05, 0.1) is 16.2 Å². The van der Waals surface area contributed by atoms with E-state index in [9.17, 15) is 18.0 Å². The summed E-state index contributed by atoms with van der Waals surface area (Å²) < 4.78 is 28.1. The maximum Gasteiger partial charge on any atom is 0.339 e. The molecule has 0 unspecified atom stereocenters. The number of hydrogen-bond donors (Lipinski definition) is 1. The Morgan fingerprint density at radius 1 is 1.14 bits per heavy atom. The Hall–Kier alpha value is -2.41. The molecule has 0 aliphatic carbocycles. The van der Waals surface area contributed by atoms with E-state index in [0.29, 0.717) is 5.69 Å². The third-order valence-corrected chi connectivity index (χ3v) is 3.89. The first kappa shape index (κ1) is 15.0. The summed E-state index contributed by atoms with van der Waals surface area (Å²) >= 11 is 0. The van der Waals surface area contributed by atoms with Gasteiger partial charge in [0.1, 0.15) is 0 Å². The molecule has 1 heterocycles. The maximum atomic E-state index is 11.9. The Morgan fingerprint density at radius 3 is 2.48 bits per heavy atom. The molecule has 0 spiro atoms. The Balaban J connectivity index is 2.13. The highest BCUT2D eigenvalue weighted by atomic mass is 32.2. The van der Waals surface area contributed by atoms with Gasteiger partial charge in [-0.2, -0.15) is 0 Å². The first-order chi connectivity index (χ1) is 9.89. The first-order valence-electron chi connectivity index (χ1n) is 6.02. The van der Waals surface area contributed by atoms with Crippen LogP contribution in [-0.2, 0) is 14.6 Å². The fourth-order valence-corrected chi connectivity index (χ4v) is 2.63. The summed E-state index contributed by atoms with van der Waals surface area (Å²) in [4.78, 5) is 26.2. The third-order valence-electron chi connectivity index (χ3n) is 2.74. The van der Waals surface area contributed by atoms with E-state index in [-0.39, 0.29) is 10.5 Å². The van der Waals surface area contributed by atoms with Gasteiger partial charge in [0, 0.05) is 12.5 Å². The number of nitrogens with one attached hydrogen (secondary N) is 1. The van der Waals surface area contributed by atoms with Crippen molar-refractivity contribution in [3.8, 4) is 0 Å². The fourth-order valence-electron chi connectivity index (χ4n) is 1.75. The first-order valence-corrected chi connectivity index (χ1v) is 7.91. The number of Topliss-reactive ketones (excluding diaryl/α,β-unsaturated/α-hetero) is 1. The molecular weight excluding hydrogens is 294 g/mol. The number of rotatable bonds is 5. The third kappa shape index (κ3) is 3.57. The summed E-state index contributed by atoms with van der Waals surface area (Å²) in [6.07, 6.45) is 2.58. The number of ketones is 1. The van der Waals surface area contributed by atoms with Crippen molar-refractivity contribution < 1.29 is 22.7 Å². The van der Waals surface area contributed by atoms with Crippen molar-refractivity contribution in [1.82, 2.24) is 4.98 Å². The van der Waals surface area contributed by atoms with E-state index in [1.807, 2.05) is 0 Å². The van der Waals surface area contributed by atoms with E-state index in [1.54, 1.807) is 18.3 Å². The normalized spacial score (nSPS) is 11.1. The Bertz CT molecular complexity index is 762. The van der Waals surface area contributed by atoms with Gasteiger partial charge in [0.2, 0.25) is 5.78 Å². The monoisotopic (exact) mass is 307 g/mol. The lowest BCUT2D eigenvalue weighted by Gasteiger charge is -2.07. The highest BCUT2D eigenvalue weighted by molar-refractivity contribution is 7.90. The molecule has 2 rings (SSSR count). The van der Waals surface area contributed by atoms with Gasteiger partial charge in [-0.25, -0.2) is 13.2 Å². The van der Waals surface area contributed by atoms with Crippen molar-refractivity contribution in [3.63, 3.8) is 0 Å². The Labute approximate surface area is 121 Å². The number of sulfone groups is 1. The molecule has 1 N–H and O–H groups in total. The van der Waals surface area contributed by atoms with E-state index in [1.165, 1.54) is 24.3 Å². The minimum atomic E-state index is -3.55. The quantitative estimate of drug-likeness (QED) is 0.666. The summed E-state index contributed by atoms with van der Waals surface area (Å²) in [6, 6.07) is 8.90. The molecule has 2 aromatic rings. The summed E-state index contributed by atoms with van der Waals surface area (Å²) in [5.74, 6) is -1.25. The number of H-pyrrole nitrogens is 1. The van der Waals surface area contributed by atoms with Crippen LogP contribution < -0.4 is 0 Å². The van der Waals surface area contributed by atoms with Crippen LogP contribution in [0.5, 0.6) is 0 Å². The molecule has 0 amide bonds. The predicted molar refractivity (Wildman–Crippen MR) is 75.0 cm³/mol. The molecule has 0 radical (unpaired) electrons. The molecule has 0 bridgehead atoms. The highest BCUT2D eigenvalue weighted by Crippen LogP contribution is 2.16. The number of ether oxygens (including phenoxy) is 1. The summed E-state index contributed by atoms with van der Waals surface area (Å²) in [6.45, 7) is -0.461. The second kappa shape index (κ2) is 5.92. The van der Waals surface area contributed by atoms with Crippen LogP contribution in [0, 0.1) is 0 Å². The second-order valence-corrected chi connectivity index (χ2v) is 6.34. The van der Waals surface area contributed by atoms with E-state index >= 15 is 0 Å². The Morgan fingerprint density at radius 2 is 1.86 bits per heavy atom. The van der Waals surface area contributed by atoms with Crippen molar-refractivity contribution in [1.29, 1.82) is 0 Å². The number of benzene rings is 1. The highest BCUT2D eigenvalue weighted by Gasteiger charge is 2.20. The Kier molecular flexibility index (Phi) is 4.23. The van der Waals surface area contributed by atoms with E-state index < -0.39 is 28.2 Å². The van der Waals surface area contributed by atoms with Gasteiger partial charge in [0.15, 0.2) is 16.4 Å². The lowest BCUT2D eigenvalue weighted by atomic mass is 10.2. The number of aromatic amines is 1. The zero-order valence-electron chi connectivity index (χ0n) is 11.2. The van der Waals surface area contributed by atoms with Gasteiger partial charge in [0.25, 0.3) is 0 Å². The molecule has 1 aromatic heterocycles. The summed E-state index contributed by atoms with van der Waals surface area (Å²) in [7, 11) is -3.55. The zero-order valence-corrected chi connectivity index (χ0v) is 12.0. The molecule has 0 aliphatic rings. The molecular formula is C14H13NO5S. The van der Waals surface area contributed by atoms with Crippen LogP contribution in [-0.4, -0.2) is 38.0 Å². The van der Waals surface area contributed by atoms with E-state index in [4.69, 9.17) is 4.74 Å². The maximum absolute atomic E-state index is 11.9. The average molecular weight is 307 g/mol. The molecule has 0 saturated heterocycles. The minimum Gasteiger partial charge on any atom is -0.454 e. The van der Waals surface area contributed by atoms with Crippen LogP contribution in [0.15, 0.2) is 47.5 Å². The molecule has 1 aromatic carbocycles. The van der Waals surface area contributed by atoms with Gasteiger partial charge in [-0.15, -0.1) is 0 Å². The standard InChI is InChI=1S/C14H13NO5S/c1-21(18,19)13-7-3-2-5-10(13)14(17)20-9-12(16)11-6-4-8-15-11/h2-8,15H,9H2,1H3. The molecule has 21 heavy (non-hydrogen) atoms. The fraction of sp³-hybridized carbons (Fsp3) is 0.143. The summed E-state index contributed by atoms with van der Waals surface area (Å²) in [5.41, 5.74) is 0.235. The molecule has 110 valence electrons. The van der Waals surface area contributed by atoms with Crippen LogP contribution in [0.4, 0.5) is 0 Å². The van der Waals surface area contributed by atoms with Crippen LogP contribution in [0.1, 0.15) is 20.8 Å². The van der Waals surface area contributed by atoms with Crippen LogP contribution >= 0.6 is 0 Å². The molecule has 0 fully saturated rings. The van der Waals surface area contributed by atoms with Crippen LogP contribution in [0.25, 0.3) is 0 Å². The number of aromatic nitrogens is 1. The van der Waals surface area contributed by atoms with Gasteiger partial charge >= 0.3 is 5.97 Å². The minimum absolute atomic E-state index is 0.0840. The van der Waals surface area contributed by atoms with Crippen molar-refractivity contribution >= 4 is 21.6 Å². The SMILES string of the molecule is CS(=O)(=O)c1ccccc1C(=O)OCC(=O)c1ccc[nH]1. The largest absolute Gasteiger partial charge is 0.454 e. The topological polar surface area (TPSA) is 93.3 Å². The van der Waals surface area contributed by atoms with Crippen LogP contribution in [0.2, 0.25) is 0 Å².